The van der Waals surface area contributed by atoms with Gasteiger partial charge in [0, 0.05) is 5.57 Å². The maximum atomic E-state index is 11.8. The zero-order chi connectivity index (χ0) is 10.8. The van der Waals surface area contributed by atoms with Gasteiger partial charge in [-0.1, -0.05) is 34.1 Å². The molecule has 0 bridgehead atoms. The number of amides is 2. The second-order valence-electron chi connectivity index (χ2n) is 3.18. The highest BCUT2D eigenvalue weighted by Crippen LogP contribution is 2.26. The molecule has 0 unspecified atom stereocenters. The Labute approximate surface area is 95.5 Å². The molecule has 0 aliphatic carbocycles. The average molecular weight is 266 g/mol. The fourth-order valence-electron chi connectivity index (χ4n) is 1.50. The topological polar surface area (TPSA) is 37.4 Å². The first-order valence-electron chi connectivity index (χ1n) is 4.45. The molecule has 0 N–H and O–H groups in total. The fraction of sp³-hybridized carbons (Fsp3) is 0.0909. The Hall–Kier alpha value is -1.42. The molecule has 0 atom stereocenters. The van der Waals surface area contributed by atoms with Crippen molar-refractivity contribution in [3.63, 3.8) is 0 Å². The van der Waals surface area contributed by atoms with E-state index in [1.165, 1.54) is 9.89 Å². The number of carbonyl (C=O) groups is 2. The number of nitrogens with zero attached hydrogens (tertiary/aromatic N) is 1. The fourth-order valence-corrected chi connectivity index (χ4v) is 1.86. The summed E-state index contributed by atoms with van der Waals surface area (Å²) in [4.78, 5) is 26.1. The highest BCUT2D eigenvalue weighted by Gasteiger charge is 2.34. The van der Waals surface area contributed by atoms with E-state index in [1.54, 1.807) is 24.3 Å². The zero-order valence-electron chi connectivity index (χ0n) is 7.81. The lowest BCUT2D eigenvalue weighted by Crippen LogP contribution is -2.28. The van der Waals surface area contributed by atoms with Crippen LogP contribution < -0.4 is 4.90 Å². The third-order valence-electron chi connectivity index (χ3n) is 2.21. The van der Waals surface area contributed by atoms with Crippen molar-refractivity contribution in [2.45, 2.75) is 6.42 Å². The van der Waals surface area contributed by atoms with Crippen molar-refractivity contribution in [2.75, 3.05) is 4.90 Å². The number of hydrogen-bond acceptors (Lipinski definition) is 2. The van der Waals surface area contributed by atoms with E-state index in [1.807, 2.05) is 6.07 Å². The lowest BCUT2D eigenvalue weighted by atomic mass is 10.3. The van der Waals surface area contributed by atoms with Gasteiger partial charge in [-0.05, 0) is 17.1 Å². The summed E-state index contributed by atoms with van der Waals surface area (Å²) in [5.74, 6) is -0.431. The molecule has 0 aromatic heterocycles. The number of benzene rings is 1. The zero-order valence-corrected chi connectivity index (χ0v) is 9.40. The van der Waals surface area contributed by atoms with Crippen LogP contribution in [0.4, 0.5) is 5.69 Å². The molecule has 2 amide bonds. The molecule has 1 aliphatic heterocycles. The second kappa shape index (κ2) is 3.98. The van der Waals surface area contributed by atoms with Crippen LogP contribution in [0.1, 0.15) is 6.42 Å². The Morgan fingerprint density at radius 1 is 1.20 bits per heavy atom. The lowest BCUT2D eigenvalue weighted by Gasteiger charge is -2.12. The Balaban J connectivity index is 2.40. The first kappa shape index (κ1) is 10.1. The molecule has 2 rings (SSSR count). The van der Waals surface area contributed by atoms with Gasteiger partial charge in [-0.25, -0.2) is 4.90 Å². The van der Waals surface area contributed by atoms with Gasteiger partial charge in [0.1, 0.15) is 0 Å². The average Bonchev–Trinajstić information content (AvgIpc) is 2.55. The predicted molar refractivity (Wildman–Crippen MR) is 60.6 cm³/mol. The number of imide groups is 1. The molecule has 1 aromatic rings. The van der Waals surface area contributed by atoms with Gasteiger partial charge in [-0.3, -0.25) is 9.59 Å². The maximum Gasteiger partial charge on any atom is 0.262 e. The van der Waals surface area contributed by atoms with Crippen LogP contribution in [-0.4, -0.2) is 11.8 Å². The molecule has 1 fully saturated rings. The van der Waals surface area contributed by atoms with Crippen LogP contribution in [0, 0.1) is 0 Å². The second-order valence-corrected chi connectivity index (χ2v) is 3.64. The van der Waals surface area contributed by atoms with Gasteiger partial charge in [0.2, 0.25) is 5.91 Å². The van der Waals surface area contributed by atoms with E-state index in [9.17, 15) is 9.59 Å². The molecule has 0 radical (unpaired) electrons. The first-order chi connectivity index (χ1) is 7.24. The summed E-state index contributed by atoms with van der Waals surface area (Å²) >= 11 is 3.08. The van der Waals surface area contributed by atoms with Crippen molar-refractivity contribution in [1.82, 2.24) is 0 Å². The van der Waals surface area contributed by atoms with Gasteiger partial charge in [-0.15, -0.1) is 0 Å². The molecular formula is C11H8BrNO2. The molecule has 1 aromatic carbocycles. The SMILES string of the molecule is O=C1C/C(=C/Br)C(=O)N1c1ccccc1. The Kier molecular flexibility index (Phi) is 2.68. The summed E-state index contributed by atoms with van der Waals surface area (Å²) < 4.78 is 0. The molecule has 1 saturated heterocycles. The number of rotatable bonds is 1. The van der Waals surface area contributed by atoms with Gasteiger partial charge in [0.05, 0.1) is 12.1 Å². The summed E-state index contributed by atoms with van der Waals surface area (Å²) in [5.41, 5.74) is 1.11. The normalized spacial score (nSPS) is 19.0. The number of halogens is 1. The van der Waals surface area contributed by atoms with Crippen LogP contribution in [0.2, 0.25) is 0 Å². The molecule has 15 heavy (non-hydrogen) atoms. The van der Waals surface area contributed by atoms with Crippen molar-refractivity contribution in [1.29, 1.82) is 0 Å². The van der Waals surface area contributed by atoms with Crippen LogP contribution in [0.25, 0.3) is 0 Å². The monoisotopic (exact) mass is 265 g/mol. The highest BCUT2D eigenvalue weighted by molar-refractivity contribution is 9.11. The third kappa shape index (κ3) is 1.72. The van der Waals surface area contributed by atoms with Gasteiger partial charge in [-0.2, -0.15) is 0 Å². The molecule has 1 heterocycles. The Bertz CT molecular complexity index is 439. The summed E-state index contributed by atoms with van der Waals surface area (Å²) in [7, 11) is 0. The van der Waals surface area contributed by atoms with Crippen molar-refractivity contribution < 1.29 is 9.59 Å². The van der Waals surface area contributed by atoms with Crippen molar-refractivity contribution >= 4 is 33.4 Å². The predicted octanol–water partition coefficient (Wildman–Crippen LogP) is 2.23. The van der Waals surface area contributed by atoms with E-state index >= 15 is 0 Å². The summed E-state index contributed by atoms with van der Waals surface area (Å²) in [5, 5.41) is 0. The molecule has 3 nitrogen and oxygen atoms in total. The van der Waals surface area contributed by atoms with Crippen LogP contribution in [0.15, 0.2) is 40.9 Å². The van der Waals surface area contributed by atoms with Gasteiger partial charge in [0.15, 0.2) is 0 Å². The van der Waals surface area contributed by atoms with E-state index in [4.69, 9.17) is 0 Å². The van der Waals surface area contributed by atoms with E-state index < -0.39 is 0 Å². The molecule has 4 heteroatoms. The van der Waals surface area contributed by atoms with Crippen LogP contribution in [0.5, 0.6) is 0 Å². The van der Waals surface area contributed by atoms with Crippen LogP contribution in [-0.2, 0) is 9.59 Å². The number of hydrogen-bond donors (Lipinski definition) is 0. The number of anilines is 1. The standard InChI is InChI=1S/C11H8BrNO2/c12-7-8-6-10(14)13(11(8)15)9-4-2-1-3-5-9/h1-5,7H,6H2/b8-7-. The third-order valence-corrected chi connectivity index (χ3v) is 2.77. The van der Waals surface area contributed by atoms with Gasteiger partial charge < -0.3 is 0 Å². The van der Waals surface area contributed by atoms with Gasteiger partial charge >= 0.3 is 0 Å². The lowest BCUT2D eigenvalue weighted by molar-refractivity contribution is -0.120. The van der Waals surface area contributed by atoms with Crippen LogP contribution in [0.3, 0.4) is 0 Å². The quantitative estimate of drug-likeness (QED) is 0.577. The number of para-hydroxylation sites is 1. The van der Waals surface area contributed by atoms with E-state index in [2.05, 4.69) is 15.9 Å². The van der Waals surface area contributed by atoms with Crippen LogP contribution >= 0.6 is 15.9 Å². The minimum absolute atomic E-state index is 0.166. The molecule has 0 spiro atoms. The van der Waals surface area contributed by atoms with E-state index in [0.29, 0.717) is 11.3 Å². The first-order valence-corrected chi connectivity index (χ1v) is 5.37. The summed E-state index contributed by atoms with van der Waals surface area (Å²) in [6, 6.07) is 8.92. The Morgan fingerprint density at radius 3 is 2.40 bits per heavy atom. The Morgan fingerprint density at radius 2 is 1.87 bits per heavy atom. The molecule has 76 valence electrons. The minimum Gasteiger partial charge on any atom is -0.274 e. The highest BCUT2D eigenvalue weighted by atomic mass is 79.9. The minimum atomic E-state index is -0.247. The van der Waals surface area contributed by atoms with Crippen molar-refractivity contribution in [3.8, 4) is 0 Å². The van der Waals surface area contributed by atoms with E-state index in [-0.39, 0.29) is 18.2 Å². The maximum absolute atomic E-state index is 11.8. The molecule has 1 aliphatic rings. The molecular weight excluding hydrogens is 258 g/mol. The molecule has 0 saturated carbocycles. The van der Waals surface area contributed by atoms with E-state index in [0.717, 1.165) is 0 Å². The van der Waals surface area contributed by atoms with Gasteiger partial charge in [0.25, 0.3) is 5.91 Å². The largest absolute Gasteiger partial charge is 0.274 e. The smallest absolute Gasteiger partial charge is 0.262 e. The van der Waals surface area contributed by atoms with Crippen molar-refractivity contribution in [2.24, 2.45) is 0 Å². The summed E-state index contributed by atoms with van der Waals surface area (Å²) in [6.45, 7) is 0. The summed E-state index contributed by atoms with van der Waals surface area (Å²) in [6.07, 6.45) is 0.166. The number of carbonyl (C=O) groups excluding carboxylic acids is 2. The van der Waals surface area contributed by atoms with Crippen molar-refractivity contribution in [3.05, 3.63) is 40.9 Å².